The predicted molar refractivity (Wildman–Crippen MR) is 79.8 cm³/mol. The lowest BCUT2D eigenvalue weighted by Crippen LogP contribution is -2.29. The van der Waals surface area contributed by atoms with Gasteiger partial charge in [-0.05, 0) is 30.2 Å². The zero-order valence-corrected chi connectivity index (χ0v) is 11.9. The second kappa shape index (κ2) is 5.09. The van der Waals surface area contributed by atoms with E-state index in [9.17, 15) is 9.59 Å². The van der Waals surface area contributed by atoms with Crippen molar-refractivity contribution in [1.29, 1.82) is 0 Å². The van der Waals surface area contributed by atoms with Crippen LogP contribution in [0.3, 0.4) is 0 Å². The van der Waals surface area contributed by atoms with E-state index in [1.807, 2.05) is 18.5 Å². The largest absolute Gasteiger partial charge is 0.398 e. The molecule has 1 aliphatic rings. The van der Waals surface area contributed by atoms with Gasteiger partial charge in [0.25, 0.3) is 11.8 Å². The lowest BCUT2D eigenvalue weighted by atomic mass is 10.1. The number of nitrogens with two attached hydrogens (primary N) is 1. The summed E-state index contributed by atoms with van der Waals surface area (Å²) in [6.07, 6.45) is 4.97. The molecule has 0 unspecified atom stereocenters. The molecule has 5 nitrogen and oxygen atoms in total. The maximum atomic E-state index is 12.4. The van der Waals surface area contributed by atoms with Gasteiger partial charge in [-0.3, -0.25) is 14.5 Å². The highest BCUT2D eigenvalue weighted by Crippen LogP contribution is 2.28. The third-order valence-electron chi connectivity index (χ3n) is 3.67. The minimum Gasteiger partial charge on any atom is -0.398 e. The maximum Gasteiger partial charge on any atom is 0.263 e. The number of fused-ring (bicyclic) bond motifs is 1. The fraction of sp³-hybridized carbons (Fsp3) is 0.250. The smallest absolute Gasteiger partial charge is 0.263 e. The Labute approximate surface area is 123 Å². The molecule has 5 heteroatoms. The van der Waals surface area contributed by atoms with Crippen molar-refractivity contribution in [3.8, 4) is 0 Å². The van der Waals surface area contributed by atoms with Gasteiger partial charge in [-0.1, -0.05) is 13.0 Å². The van der Waals surface area contributed by atoms with E-state index in [2.05, 4.69) is 11.5 Å². The molecule has 2 amide bonds. The number of imide groups is 1. The summed E-state index contributed by atoms with van der Waals surface area (Å²) in [6.45, 7) is 3.31. The molecule has 2 aromatic rings. The Kier molecular flexibility index (Phi) is 3.25. The van der Waals surface area contributed by atoms with E-state index in [0.29, 0.717) is 16.8 Å². The number of nitrogen functional groups attached to an aromatic ring is 1. The standard InChI is InChI=1S/C16H17N3O2/c1-2-7-18-8-6-11(9-18)10-19-15(20)12-4-3-5-13(17)14(12)16(19)21/h3-6,8-9H,2,7,10,17H2,1H3. The lowest BCUT2D eigenvalue weighted by molar-refractivity contribution is 0.0642. The first-order valence-corrected chi connectivity index (χ1v) is 7.01. The molecular formula is C16H17N3O2. The van der Waals surface area contributed by atoms with Crippen LogP contribution in [-0.2, 0) is 13.1 Å². The van der Waals surface area contributed by atoms with E-state index in [-0.39, 0.29) is 18.4 Å². The number of amides is 2. The van der Waals surface area contributed by atoms with Gasteiger partial charge in [0.15, 0.2) is 0 Å². The summed E-state index contributed by atoms with van der Waals surface area (Å²) in [7, 11) is 0. The average Bonchev–Trinajstić information content (AvgIpc) is 2.99. The number of nitrogens with zero attached hydrogens (tertiary/aromatic N) is 2. The Morgan fingerprint density at radius 3 is 2.67 bits per heavy atom. The fourth-order valence-electron chi connectivity index (χ4n) is 2.67. The number of carbonyl (C=O) groups is 2. The first-order chi connectivity index (χ1) is 10.1. The molecule has 2 N–H and O–H groups in total. The topological polar surface area (TPSA) is 68.3 Å². The number of hydrogen-bond acceptors (Lipinski definition) is 3. The second-order valence-electron chi connectivity index (χ2n) is 5.22. The molecule has 1 aromatic carbocycles. The van der Waals surface area contributed by atoms with Crippen LogP contribution in [0.2, 0.25) is 0 Å². The zero-order chi connectivity index (χ0) is 15.0. The molecular weight excluding hydrogens is 266 g/mol. The van der Waals surface area contributed by atoms with Crippen molar-refractivity contribution in [2.24, 2.45) is 0 Å². The van der Waals surface area contributed by atoms with E-state index in [0.717, 1.165) is 18.5 Å². The Bertz CT molecular complexity index is 718. The summed E-state index contributed by atoms with van der Waals surface area (Å²) < 4.78 is 2.06. The van der Waals surface area contributed by atoms with E-state index in [1.165, 1.54) is 4.90 Å². The van der Waals surface area contributed by atoms with Crippen molar-refractivity contribution in [3.05, 3.63) is 53.3 Å². The van der Waals surface area contributed by atoms with Crippen LogP contribution in [0.1, 0.15) is 39.6 Å². The molecule has 0 radical (unpaired) electrons. The third-order valence-corrected chi connectivity index (χ3v) is 3.67. The first-order valence-electron chi connectivity index (χ1n) is 7.01. The summed E-state index contributed by atoms with van der Waals surface area (Å²) in [5.41, 5.74) is 7.84. The van der Waals surface area contributed by atoms with Crippen LogP contribution in [0, 0.1) is 0 Å². The van der Waals surface area contributed by atoms with Crippen molar-refractivity contribution in [2.75, 3.05) is 5.73 Å². The van der Waals surface area contributed by atoms with E-state index < -0.39 is 0 Å². The van der Waals surface area contributed by atoms with Gasteiger partial charge in [0.05, 0.1) is 17.7 Å². The molecule has 0 fully saturated rings. The summed E-state index contributed by atoms with van der Waals surface area (Å²) >= 11 is 0. The fourth-order valence-corrected chi connectivity index (χ4v) is 2.67. The molecule has 0 aliphatic carbocycles. The van der Waals surface area contributed by atoms with Crippen molar-refractivity contribution >= 4 is 17.5 Å². The second-order valence-corrected chi connectivity index (χ2v) is 5.22. The minimum atomic E-state index is -0.309. The molecule has 2 heterocycles. The predicted octanol–water partition coefficient (Wildman–Crippen LogP) is 2.28. The van der Waals surface area contributed by atoms with Crippen LogP contribution in [0.15, 0.2) is 36.7 Å². The van der Waals surface area contributed by atoms with E-state index >= 15 is 0 Å². The SMILES string of the molecule is CCCn1ccc(CN2C(=O)c3cccc(N)c3C2=O)c1. The molecule has 3 rings (SSSR count). The molecule has 1 aliphatic heterocycles. The van der Waals surface area contributed by atoms with Gasteiger partial charge in [-0.25, -0.2) is 0 Å². The van der Waals surface area contributed by atoms with Crippen LogP contribution in [-0.4, -0.2) is 21.3 Å². The van der Waals surface area contributed by atoms with Gasteiger partial charge in [0.2, 0.25) is 0 Å². The van der Waals surface area contributed by atoms with Crippen molar-refractivity contribution in [1.82, 2.24) is 9.47 Å². The first kappa shape index (κ1) is 13.4. The molecule has 0 saturated carbocycles. The quantitative estimate of drug-likeness (QED) is 0.691. The molecule has 0 bridgehead atoms. The lowest BCUT2D eigenvalue weighted by Gasteiger charge is -2.12. The highest BCUT2D eigenvalue weighted by Gasteiger charge is 2.36. The summed E-state index contributed by atoms with van der Waals surface area (Å²) in [5.74, 6) is -0.582. The Balaban J connectivity index is 1.86. The Hall–Kier alpha value is -2.56. The van der Waals surface area contributed by atoms with Crippen LogP contribution in [0.25, 0.3) is 0 Å². The van der Waals surface area contributed by atoms with E-state index in [1.54, 1.807) is 18.2 Å². The van der Waals surface area contributed by atoms with Gasteiger partial charge < -0.3 is 10.3 Å². The van der Waals surface area contributed by atoms with Crippen molar-refractivity contribution in [2.45, 2.75) is 26.4 Å². The number of aromatic nitrogens is 1. The monoisotopic (exact) mass is 283 g/mol. The van der Waals surface area contributed by atoms with Gasteiger partial charge in [0, 0.05) is 24.6 Å². The summed E-state index contributed by atoms with van der Waals surface area (Å²) in [4.78, 5) is 26.0. The molecule has 108 valence electrons. The summed E-state index contributed by atoms with van der Waals surface area (Å²) in [5, 5.41) is 0. The Morgan fingerprint density at radius 1 is 1.14 bits per heavy atom. The average molecular weight is 283 g/mol. The summed E-state index contributed by atoms with van der Waals surface area (Å²) in [6, 6.07) is 6.92. The molecule has 0 spiro atoms. The Morgan fingerprint density at radius 2 is 1.95 bits per heavy atom. The van der Waals surface area contributed by atoms with Gasteiger partial charge in [-0.2, -0.15) is 0 Å². The normalized spacial score (nSPS) is 13.9. The molecule has 1 aromatic heterocycles. The van der Waals surface area contributed by atoms with Crippen LogP contribution >= 0.6 is 0 Å². The maximum absolute atomic E-state index is 12.4. The van der Waals surface area contributed by atoms with Gasteiger partial charge in [0.1, 0.15) is 0 Å². The number of rotatable bonds is 4. The number of aryl methyl sites for hydroxylation is 1. The number of hydrogen-bond donors (Lipinski definition) is 1. The van der Waals surface area contributed by atoms with Gasteiger partial charge >= 0.3 is 0 Å². The van der Waals surface area contributed by atoms with Crippen molar-refractivity contribution in [3.63, 3.8) is 0 Å². The molecule has 21 heavy (non-hydrogen) atoms. The molecule has 0 saturated heterocycles. The third kappa shape index (κ3) is 2.20. The van der Waals surface area contributed by atoms with E-state index in [4.69, 9.17) is 5.73 Å². The highest BCUT2D eigenvalue weighted by atomic mass is 16.2. The van der Waals surface area contributed by atoms with Crippen LogP contribution in [0.4, 0.5) is 5.69 Å². The number of carbonyl (C=O) groups excluding carboxylic acids is 2. The number of benzene rings is 1. The molecule has 0 atom stereocenters. The highest BCUT2D eigenvalue weighted by molar-refractivity contribution is 6.23. The minimum absolute atomic E-state index is 0.273. The van der Waals surface area contributed by atoms with Crippen molar-refractivity contribution < 1.29 is 9.59 Å². The zero-order valence-electron chi connectivity index (χ0n) is 11.9. The van der Waals surface area contributed by atoms with Gasteiger partial charge in [-0.15, -0.1) is 0 Å². The number of anilines is 1. The van der Waals surface area contributed by atoms with Crippen LogP contribution < -0.4 is 5.73 Å². The van der Waals surface area contributed by atoms with Crippen LogP contribution in [0.5, 0.6) is 0 Å².